The molecule has 0 unspecified atom stereocenters. The maximum absolute atomic E-state index is 11.9. The molecular formula is C23H30N2O4S. The van der Waals surface area contributed by atoms with Gasteiger partial charge in [-0.05, 0) is 62.1 Å². The second-order valence-electron chi connectivity index (χ2n) is 7.96. The molecule has 3 rings (SSSR count). The van der Waals surface area contributed by atoms with Crippen LogP contribution in [0.4, 0.5) is 5.69 Å². The normalized spacial score (nSPS) is 12.1. The van der Waals surface area contributed by atoms with Crippen LogP contribution < -0.4 is 4.31 Å². The predicted molar refractivity (Wildman–Crippen MR) is 123 cm³/mol. The maximum atomic E-state index is 11.9. The summed E-state index contributed by atoms with van der Waals surface area (Å²) in [4.78, 5) is 0. The van der Waals surface area contributed by atoms with Crippen molar-refractivity contribution in [3.05, 3.63) is 48.2 Å². The topological polar surface area (TPSA) is 71.8 Å². The zero-order chi connectivity index (χ0) is 22.1. The zero-order valence-corrected chi connectivity index (χ0v) is 19.0. The van der Waals surface area contributed by atoms with E-state index >= 15 is 0 Å². The van der Waals surface area contributed by atoms with E-state index in [0.29, 0.717) is 18.8 Å². The molecule has 1 heterocycles. The molecule has 1 aromatic heterocycles. The molecule has 2 aromatic carbocycles. The van der Waals surface area contributed by atoms with Crippen molar-refractivity contribution in [2.45, 2.75) is 39.8 Å². The Balaban J connectivity index is 1.93. The van der Waals surface area contributed by atoms with Gasteiger partial charge >= 0.3 is 0 Å². The molecule has 0 amide bonds. The average molecular weight is 431 g/mol. The van der Waals surface area contributed by atoms with Crippen LogP contribution in [0.25, 0.3) is 21.9 Å². The number of sulfonamides is 1. The van der Waals surface area contributed by atoms with Gasteiger partial charge < -0.3 is 14.4 Å². The smallest absolute Gasteiger partial charge is 0.231 e. The number of rotatable bonds is 8. The summed E-state index contributed by atoms with van der Waals surface area (Å²) < 4.78 is 32.5. The van der Waals surface area contributed by atoms with E-state index in [-0.39, 0.29) is 12.0 Å². The minimum absolute atomic E-state index is 0.199. The van der Waals surface area contributed by atoms with Crippen molar-refractivity contribution in [2.75, 3.05) is 24.2 Å². The molecule has 30 heavy (non-hydrogen) atoms. The summed E-state index contributed by atoms with van der Waals surface area (Å²) in [5.74, 6) is 0.268. The third-order valence-electron chi connectivity index (χ3n) is 5.19. The Morgan fingerprint density at radius 2 is 1.90 bits per heavy atom. The van der Waals surface area contributed by atoms with E-state index in [1.54, 1.807) is 13.1 Å². The van der Waals surface area contributed by atoms with E-state index in [1.165, 1.54) is 10.6 Å². The first kappa shape index (κ1) is 22.2. The number of benzene rings is 2. The largest absolute Gasteiger partial charge is 0.494 e. The molecular weight excluding hydrogens is 400 g/mol. The van der Waals surface area contributed by atoms with Gasteiger partial charge in [-0.15, -0.1) is 0 Å². The van der Waals surface area contributed by atoms with Gasteiger partial charge in [0, 0.05) is 37.2 Å². The molecule has 6 nitrogen and oxygen atoms in total. The molecule has 3 aromatic rings. The highest BCUT2D eigenvalue weighted by Crippen LogP contribution is 2.35. The fourth-order valence-electron chi connectivity index (χ4n) is 3.56. The van der Waals surface area contributed by atoms with E-state index in [0.717, 1.165) is 33.9 Å². The Bertz CT molecular complexity index is 1150. The van der Waals surface area contributed by atoms with Gasteiger partial charge in [0.05, 0.1) is 18.0 Å². The number of aromatic hydroxyl groups is 1. The van der Waals surface area contributed by atoms with Crippen LogP contribution in [-0.2, 0) is 21.3 Å². The Kier molecular flexibility index (Phi) is 6.43. The zero-order valence-electron chi connectivity index (χ0n) is 18.2. The molecule has 1 N–H and O–H groups in total. The fraction of sp³-hybridized carbons (Fsp3) is 0.391. The molecule has 0 saturated heterocycles. The van der Waals surface area contributed by atoms with E-state index in [1.807, 2.05) is 61.9 Å². The van der Waals surface area contributed by atoms with Crippen molar-refractivity contribution in [2.24, 2.45) is 0 Å². The summed E-state index contributed by atoms with van der Waals surface area (Å²) in [6, 6.07) is 11.5. The van der Waals surface area contributed by atoms with Crippen LogP contribution in [0, 0.1) is 6.92 Å². The molecule has 0 fully saturated rings. The van der Waals surface area contributed by atoms with Gasteiger partial charge in [0.25, 0.3) is 0 Å². The minimum atomic E-state index is -3.33. The summed E-state index contributed by atoms with van der Waals surface area (Å²) >= 11 is 0. The van der Waals surface area contributed by atoms with Gasteiger partial charge in [-0.3, -0.25) is 4.31 Å². The molecule has 0 saturated carbocycles. The first-order chi connectivity index (χ1) is 14.1. The van der Waals surface area contributed by atoms with E-state index < -0.39 is 10.0 Å². The first-order valence-electron chi connectivity index (χ1n) is 10.1. The quantitative estimate of drug-likeness (QED) is 0.533. The number of ether oxygens (including phenoxy) is 1. The fourth-order valence-corrected chi connectivity index (χ4v) is 4.05. The predicted octanol–water partition coefficient (Wildman–Crippen LogP) is 4.53. The van der Waals surface area contributed by atoms with Crippen LogP contribution in [0.5, 0.6) is 5.88 Å². The summed E-state index contributed by atoms with van der Waals surface area (Å²) in [5.41, 5.74) is 3.48. The number of fused-ring (bicyclic) bond motifs is 1. The molecule has 0 spiro atoms. The second kappa shape index (κ2) is 8.70. The molecule has 0 radical (unpaired) electrons. The molecule has 0 aliphatic heterocycles. The van der Waals surface area contributed by atoms with Gasteiger partial charge in [0.2, 0.25) is 10.0 Å². The highest BCUT2D eigenvalue weighted by Gasteiger charge is 2.15. The van der Waals surface area contributed by atoms with Crippen molar-refractivity contribution in [3.63, 3.8) is 0 Å². The lowest BCUT2D eigenvalue weighted by Gasteiger charge is -2.17. The molecule has 7 heteroatoms. The molecule has 0 atom stereocenters. The number of anilines is 1. The lowest BCUT2D eigenvalue weighted by Crippen LogP contribution is -2.24. The lowest BCUT2D eigenvalue weighted by atomic mass is 9.99. The van der Waals surface area contributed by atoms with Crippen molar-refractivity contribution in [1.29, 1.82) is 0 Å². The van der Waals surface area contributed by atoms with Gasteiger partial charge in [0.1, 0.15) is 0 Å². The van der Waals surface area contributed by atoms with Crippen LogP contribution >= 0.6 is 0 Å². The number of hydrogen-bond donors (Lipinski definition) is 1. The number of hydrogen-bond acceptors (Lipinski definition) is 4. The van der Waals surface area contributed by atoms with Crippen molar-refractivity contribution < 1.29 is 18.3 Å². The van der Waals surface area contributed by atoms with E-state index in [2.05, 4.69) is 0 Å². The second-order valence-corrected chi connectivity index (χ2v) is 9.97. The van der Waals surface area contributed by atoms with Gasteiger partial charge in [-0.25, -0.2) is 8.42 Å². The molecule has 0 aliphatic rings. The summed E-state index contributed by atoms with van der Waals surface area (Å²) in [6.45, 7) is 7.32. The van der Waals surface area contributed by atoms with Crippen molar-refractivity contribution >= 4 is 26.5 Å². The Labute approximate surface area is 178 Å². The lowest BCUT2D eigenvalue weighted by molar-refractivity contribution is 0.0746. The van der Waals surface area contributed by atoms with Gasteiger partial charge in [0.15, 0.2) is 5.88 Å². The van der Waals surface area contributed by atoms with E-state index in [9.17, 15) is 13.5 Å². The average Bonchev–Trinajstić information content (AvgIpc) is 3.00. The van der Waals surface area contributed by atoms with Crippen LogP contribution in [-0.4, -0.2) is 44.1 Å². The number of aryl methyl sites for hydroxylation is 2. The Morgan fingerprint density at radius 1 is 1.17 bits per heavy atom. The van der Waals surface area contributed by atoms with Crippen LogP contribution in [0.15, 0.2) is 42.6 Å². The third kappa shape index (κ3) is 4.79. The Hall–Kier alpha value is -2.51. The molecule has 162 valence electrons. The summed E-state index contributed by atoms with van der Waals surface area (Å²) in [7, 11) is -1.78. The van der Waals surface area contributed by atoms with Crippen LogP contribution in [0.2, 0.25) is 0 Å². The minimum Gasteiger partial charge on any atom is -0.494 e. The van der Waals surface area contributed by atoms with Gasteiger partial charge in [-0.1, -0.05) is 18.2 Å². The standard InChI is InChI=1S/C23H30N2O4S/c1-16(2)29-11-7-10-25-15-20-13-19(12-17(3)22(20)23(25)26)18-8-6-9-21(14-18)24(4)30(5,27)28/h6,8-9,12-16,26H,7,10-11H2,1-5H3. The SMILES string of the molecule is Cc1cc(-c2cccc(N(C)S(C)(=O)=O)c2)cc2cn(CCCOC(C)C)c(O)c12. The van der Waals surface area contributed by atoms with Crippen LogP contribution in [0.1, 0.15) is 25.8 Å². The van der Waals surface area contributed by atoms with Crippen molar-refractivity contribution in [1.82, 2.24) is 4.57 Å². The molecule has 0 aliphatic carbocycles. The number of nitrogens with zero attached hydrogens (tertiary/aromatic N) is 2. The summed E-state index contributed by atoms with van der Waals surface area (Å²) in [6.07, 6.45) is 4.17. The highest BCUT2D eigenvalue weighted by atomic mass is 32.2. The first-order valence-corrected chi connectivity index (χ1v) is 11.9. The maximum Gasteiger partial charge on any atom is 0.231 e. The monoisotopic (exact) mass is 430 g/mol. The third-order valence-corrected chi connectivity index (χ3v) is 6.40. The van der Waals surface area contributed by atoms with E-state index in [4.69, 9.17) is 4.74 Å². The van der Waals surface area contributed by atoms with Crippen LogP contribution in [0.3, 0.4) is 0 Å². The molecule has 0 bridgehead atoms. The summed E-state index contributed by atoms with van der Waals surface area (Å²) in [5, 5.41) is 12.5. The highest BCUT2D eigenvalue weighted by molar-refractivity contribution is 7.92. The van der Waals surface area contributed by atoms with Crippen molar-refractivity contribution in [3.8, 4) is 17.0 Å². The number of aromatic nitrogens is 1. The van der Waals surface area contributed by atoms with Gasteiger partial charge in [-0.2, -0.15) is 0 Å². The Morgan fingerprint density at radius 3 is 2.57 bits per heavy atom.